The Morgan fingerprint density at radius 1 is 0.478 bits per heavy atom. The van der Waals surface area contributed by atoms with E-state index in [1.807, 2.05) is 0 Å². The van der Waals surface area contributed by atoms with Crippen LogP contribution in [0.5, 0.6) is 0 Å². The van der Waals surface area contributed by atoms with E-state index in [0.717, 1.165) is 51.9 Å². The second-order valence-corrected chi connectivity index (χ2v) is 16.1. The molecule has 0 spiro atoms. The van der Waals surface area contributed by atoms with Crippen LogP contribution in [0.15, 0.2) is 36.4 Å². The van der Waals surface area contributed by atoms with Crippen molar-refractivity contribution in [2.24, 2.45) is 0 Å². The van der Waals surface area contributed by atoms with Gasteiger partial charge in [-0.15, -0.1) is 0 Å². The minimum Gasteiger partial charge on any atom is -0.391 e. The Hall–Kier alpha value is -2.20. The van der Waals surface area contributed by atoms with Gasteiger partial charge in [0.15, 0.2) is 0 Å². The Morgan fingerprint density at radius 3 is 1.11 bits per heavy atom. The van der Waals surface area contributed by atoms with Crippen LogP contribution in [0, 0.1) is 0 Å². The van der Waals surface area contributed by atoms with E-state index < -0.39 is 0 Å². The normalized spacial score (nSPS) is 14.1. The van der Waals surface area contributed by atoms with Crippen LogP contribution < -0.4 is 9.80 Å². The van der Waals surface area contributed by atoms with Crippen molar-refractivity contribution >= 4 is 22.7 Å². The van der Waals surface area contributed by atoms with Crippen LogP contribution in [0.3, 0.4) is 0 Å². The van der Waals surface area contributed by atoms with E-state index in [1.54, 1.807) is 0 Å². The van der Waals surface area contributed by atoms with Gasteiger partial charge in [0.1, 0.15) is 26.2 Å². The molecule has 46 heavy (non-hydrogen) atoms. The van der Waals surface area contributed by atoms with Gasteiger partial charge in [-0.25, -0.2) is 0 Å². The summed E-state index contributed by atoms with van der Waals surface area (Å²) in [7, 11) is 4.27. The lowest BCUT2D eigenvalue weighted by molar-refractivity contribution is -0.910. The number of likely N-dealkylation sites (N-methyl/N-ethyl adjacent to an activating group) is 2. The highest BCUT2D eigenvalue weighted by Crippen LogP contribution is 2.50. The van der Waals surface area contributed by atoms with E-state index in [9.17, 15) is 20.4 Å². The molecule has 0 radical (unpaired) electrons. The Balaban J connectivity index is 1.98. The number of anilines is 4. The van der Waals surface area contributed by atoms with Gasteiger partial charge in [0.2, 0.25) is 0 Å². The first-order valence-electron chi connectivity index (χ1n) is 17.6. The summed E-state index contributed by atoms with van der Waals surface area (Å²) < 4.78 is 1.37. The zero-order valence-corrected chi connectivity index (χ0v) is 30.4. The lowest BCUT2D eigenvalue weighted by Gasteiger charge is -2.42. The molecule has 4 N–H and O–H groups in total. The number of quaternary nitrogens is 2. The summed E-state index contributed by atoms with van der Waals surface area (Å²) in [6.07, 6.45) is 4.05. The first kappa shape index (κ1) is 38.2. The van der Waals surface area contributed by atoms with Crippen molar-refractivity contribution < 1.29 is 29.4 Å². The number of hydrogen-bond acceptors (Lipinski definition) is 6. The molecule has 0 saturated heterocycles. The van der Waals surface area contributed by atoms with Crippen molar-refractivity contribution in [3.63, 3.8) is 0 Å². The summed E-state index contributed by atoms with van der Waals surface area (Å²) in [5, 5.41) is 38.5. The van der Waals surface area contributed by atoms with E-state index in [1.165, 1.54) is 33.9 Å². The van der Waals surface area contributed by atoms with E-state index in [4.69, 9.17) is 0 Å². The summed E-state index contributed by atoms with van der Waals surface area (Å²) in [6.45, 7) is 20.5. The molecule has 0 amide bonds. The molecule has 1 heterocycles. The Kier molecular flexibility index (Phi) is 13.5. The largest absolute Gasteiger partial charge is 0.391 e. The van der Waals surface area contributed by atoms with Crippen molar-refractivity contribution in [1.29, 1.82) is 0 Å². The van der Waals surface area contributed by atoms with Gasteiger partial charge in [-0.1, -0.05) is 53.7 Å². The van der Waals surface area contributed by atoms with Crippen LogP contribution in [0.2, 0.25) is 0 Å². The molecular formula is C38H66N4O4+2. The van der Waals surface area contributed by atoms with E-state index in [0.29, 0.717) is 35.1 Å². The lowest BCUT2D eigenvalue weighted by Crippen LogP contribution is -2.48. The third kappa shape index (κ3) is 9.91. The first-order chi connectivity index (χ1) is 21.6. The van der Waals surface area contributed by atoms with Gasteiger partial charge in [-0.05, 0) is 71.9 Å². The molecule has 8 nitrogen and oxygen atoms in total. The SMILES string of the molecule is CC(C)(C)c1ccc2c(c1)N(CCCC[N+](C)(CCO)CCO)c1cc(C(C)(C)C)ccc1N2CCCC[N+](C)(CCO)CCO. The predicted octanol–water partition coefficient (Wildman–Crippen LogP) is 5.29. The van der Waals surface area contributed by atoms with Crippen LogP contribution in [0.4, 0.5) is 22.7 Å². The predicted molar refractivity (Wildman–Crippen MR) is 193 cm³/mol. The molecule has 0 bridgehead atoms. The van der Waals surface area contributed by atoms with Crippen LogP contribution in [-0.4, -0.2) is 122 Å². The number of hydrogen-bond donors (Lipinski definition) is 4. The molecule has 8 heteroatoms. The zero-order valence-electron chi connectivity index (χ0n) is 30.4. The number of aliphatic hydroxyl groups is 4. The van der Waals surface area contributed by atoms with Crippen LogP contribution >= 0.6 is 0 Å². The minimum absolute atomic E-state index is 0.0226. The summed E-state index contributed by atoms with van der Waals surface area (Å²) in [6, 6.07) is 14.0. The lowest BCUT2D eigenvalue weighted by atomic mass is 9.85. The van der Waals surface area contributed by atoms with Crippen LogP contribution in [0.1, 0.15) is 78.4 Å². The first-order valence-corrected chi connectivity index (χ1v) is 17.6. The topological polar surface area (TPSA) is 87.4 Å². The highest BCUT2D eigenvalue weighted by atomic mass is 16.3. The maximum absolute atomic E-state index is 9.65. The number of fused-ring (bicyclic) bond motifs is 2. The molecule has 2 aromatic carbocycles. The zero-order chi connectivity index (χ0) is 34.2. The molecule has 1 aliphatic rings. The highest BCUT2D eigenvalue weighted by Gasteiger charge is 2.32. The van der Waals surface area contributed by atoms with Gasteiger partial charge in [0, 0.05) is 13.1 Å². The Labute approximate surface area is 280 Å². The number of benzene rings is 2. The average Bonchev–Trinajstić information content (AvgIpc) is 2.97. The maximum Gasteiger partial charge on any atom is 0.102 e. The molecule has 3 rings (SSSR count). The summed E-state index contributed by atoms with van der Waals surface area (Å²) in [4.78, 5) is 5.06. The van der Waals surface area contributed by atoms with Crippen molar-refractivity contribution in [1.82, 2.24) is 0 Å². The number of nitrogens with zero attached hydrogens (tertiary/aromatic N) is 4. The molecule has 0 saturated carbocycles. The third-order valence-electron chi connectivity index (χ3n) is 10.1. The molecule has 0 aliphatic carbocycles. The summed E-state index contributed by atoms with van der Waals surface area (Å²) in [5.41, 5.74) is 7.70. The second-order valence-electron chi connectivity index (χ2n) is 16.1. The number of unbranched alkanes of at least 4 members (excludes halogenated alkanes) is 2. The van der Waals surface area contributed by atoms with Crippen molar-refractivity contribution in [2.45, 2.75) is 78.1 Å². The summed E-state index contributed by atoms with van der Waals surface area (Å²) in [5.74, 6) is 0. The fourth-order valence-electron chi connectivity index (χ4n) is 6.77. The van der Waals surface area contributed by atoms with Crippen molar-refractivity contribution in [3.05, 3.63) is 47.5 Å². The maximum atomic E-state index is 9.65. The molecule has 0 fully saturated rings. The van der Waals surface area contributed by atoms with Crippen molar-refractivity contribution in [3.8, 4) is 0 Å². The molecule has 1 aliphatic heterocycles. The monoisotopic (exact) mass is 643 g/mol. The minimum atomic E-state index is 0.0226. The van der Waals surface area contributed by atoms with Gasteiger partial charge in [-0.2, -0.15) is 0 Å². The molecule has 0 aromatic heterocycles. The van der Waals surface area contributed by atoms with Gasteiger partial charge in [0.25, 0.3) is 0 Å². The summed E-state index contributed by atoms with van der Waals surface area (Å²) >= 11 is 0. The second kappa shape index (κ2) is 16.3. The fourth-order valence-corrected chi connectivity index (χ4v) is 6.77. The average molecular weight is 643 g/mol. The molecule has 0 unspecified atom stereocenters. The van der Waals surface area contributed by atoms with Gasteiger partial charge >= 0.3 is 0 Å². The number of rotatable bonds is 18. The third-order valence-corrected chi connectivity index (χ3v) is 10.1. The smallest absolute Gasteiger partial charge is 0.102 e. The van der Waals surface area contributed by atoms with Crippen LogP contribution in [-0.2, 0) is 10.8 Å². The van der Waals surface area contributed by atoms with Crippen LogP contribution in [0.25, 0.3) is 0 Å². The van der Waals surface area contributed by atoms with E-state index >= 15 is 0 Å². The standard InChI is InChI=1S/C38H66N4O4/c1-37(2,3)31-13-15-33-35(29-31)40(18-10-12-20-42(8,23-27-45)24-28-46)36-30-32(38(4,5)6)14-16-34(36)39(33)17-9-11-19-41(7,21-25-43)22-26-44/h13-16,29-30,43-46H,9-12,17-28H2,1-8H3/q+2. The Bertz CT molecular complexity index is 1160. The van der Waals surface area contributed by atoms with Gasteiger partial charge in [-0.3, -0.25) is 0 Å². The number of aliphatic hydroxyl groups excluding tert-OH is 4. The fraction of sp³-hybridized carbons (Fsp3) is 0.684. The van der Waals surface area contributed by atoms with E-state index in [-0.39, 0.29) is 37.3 Å². The molecule has 260 valence electrons. The molecule has 0 atom stereocenters. The quantitative estimate of drug-likeness (QED) is 0.131. The van der Waals surface area contributed by atoms with Crippen molar-refractivity contribution in [2.75, 3.05) is 103 Å². The van der Waals surface area contributed by atoms with Gasteiger partial charge < -0.3 is 39.2 Å². The van der Waals surface area contributed by atoms with E-state index in [2.05, 4.69) is 102 Å². The molecular weight excluding hydrogens is 576 g/mol. The van der Waals surface area contributed by atoms with Gasteiger partial charge in [0.05, 0.1) is 76.4 Å². The highest BCUT2D eigenvalue weighted by molar-refractivity contribution is 5.94. The Morgan fingerprint density at radius 2 is 0.804 bits per heavy atom. The molecule has 2 aromatic rings.